The summed E-state index contributed by atoms with van der Waals surface area (Å²) >= 11 is 1.39. The summed E-state index contributed by atoms with van der Waals surface area (Å²) in [5.74, 6) is -0.547. The standard InChI is InChI=1S/C18H16N6O4S/c19-16(26)15-12-2-1-3-13(12)29-18(15)21-14(25)8-23-9-20-17(22-23)10-4-6-11(7-5-10)24(27)28/h4-7,9H,1-3,8H2,(H2,19,26)(H,21,25). The molecule has 3 N–H and O–H groups in total. The Kier molecular flexibility index (Phi) is 4.80. The SMILES string of the molecule is NC(=O)c1c(NC(=O)Cn2cnc(-c3ccc([N+](=O)[O-])cc3)n2)sc2c1CCC2. The lowest BCUT2D eigenvalue weighted by molar-refractivity contribution is -0.384. The van der Waals surface area contributed by atoms with Crippen LogP contribution in [0.1, 0.15) is 27.2 Å². The number of nitrogens with one attached hydrogen (secondary N) is 1. The molecule has 0 saturated heterocycles. The summed E-state index contributed by atoms with van der Waals surface area (Å²) in [7, 11) is 0. The van der Waals surface area contributed by atoms with Gasteiger partial charge in [-0.2, -0.15) is 5.10 Å². The number of aryl methyl sites for hydroxylation is 1. The van der Waals surface area contributed by atoms with Crippen LogP contribution in [-0.4, -0.2) is 31.5 Å². The third-order valence-electron chi connectivity index (χ3n) is 4.60. The maximum Gasteiger partial charge on any atom is 0.269 e. The van der Waals surface area contributed by atoms with Gasteiger partial charge >= 0.3 is 0 Å². The molecule has 0 fully saturated rings. The first-order valence-corrected chi connectivity index (χ1v) is 9.62. The van der Waals surface area contributed by atoms with E-state index in [0.29, 0.717) is 22.0 Å². The molecule has 0 aliphatic heterocycles. The van der Waals surface area contributed by atoms with Crippen LogP contribution in [0, 0.1) is 10.1 Å². The topological polar surface area (TPSA) is 146 Å². The molecule has 0 radical (unpaired) electrons. The number of carbonyl (C=O) groups excluding carboxylic acids is 2. The maximum atomic E-state index is 12.4. The van der Waals surface area contributed by atoms with E-state index in [1.807, 2.05) is 0 Å². The summed E-state index contributed by atoms with van der Waals surface area (Å²) in [6, 6.07) is 5.82. The van der Waals surface area contributed by atoms with Crippen LogP contribution in [0.4, 0.5) is 10.7 Å². The van der Waals surface area contributed by atoms with Crippen molar-refractivity contribution in [2.75, 3.05) is 5.32 Å². The minimum Gasteiger partial charge on any atom is -0.365 e. The van der Waals surface area contributed by atoms with Crippen LogP contribution in [0.15, 0.2) is 30.6 Å². The number of nitro groups is 1. The molecule has 2 amide bonds. The largest absolute Gasteiger partial charge is 0.365 e. The van der Waals surface area contributed by atoms with Crippen LogP contribution in [0.2, 0.25) is 0 Å². The Hall–Kier alpha value is -3.60. The fourth-order valence-corrected chi connectivity index (χ4v) is 4.61. The smallest absolute Gasteiger partial charge is 0.269 e. The number of anilines is 1. The first-order valence-electron chi connectivity index (χ1n) is 8.81. The Morgan fingerprint density at radius 1 is 1.28 bits per heavy atom. The molecule has 148 valence electrons. The molecule has 0 bridgehead atoms. The van der Waals surface area contributed by atoms with Crippen LogP contribution < -0.4 is 11.1 Å². The summed E-state index contributed by atoms with van der Waals surface area (Å²) in [6.07, 6.45) is 4.07. The van der Waals surface area contributed by atoms with E-state index in [4.69, 9.17) is 5.73 Å². The van der Waals surface area contributed by atoms with Gasteiger partial charge in [-0.1, -0.05) is 0 Å². The van der Waals surface area contributed by atoms with Gasteiger partial charge < -0.3 is 11.1 Å². The lowest BCUT2D eigenvalue weighted by atomic mass is 10.1. The fourth-order valence-electron chi connectivity index (χ4n) is 3.30. The molecule has 11 heteroatoms. The zero-order valence-corrected chi connectivity index (χ0v) is 15.9. The van der Waals surface area contributed by atoms with Crippen molar-refractivity contribution in [3.8, 4) is 11.4 Å². The van der Waals surface area contributed by atoms with Gasteiger partial charge in [0.2, 0.25) is 5.91 Å². The molecule has 10 nitrogen and oxygen atoms in total. The van der Waals surface area contributed by atoms with Crippen molar-refractivity contribution in [1.82, 2.24) is 14.8 Å². The van der Waals surface area contributed by atoms with Crippen molar-refractivity contribution in [3.05, 3.63) is 56.7 Å². The van der Waals surface area contributed by atoms with Crippen molar-refractivity contribution in [2.45, 2.75) is 25.8 Å². The van der Waals surface area contributed by atoms with E-state index in [9.17, 15) is 19.7 Å². The van der Waals surface area contributed by atoms with Crippen LogP contribution >= 0.6 is 11.3 Å². The highest BCUT2D eigenvalue weighted by Gasteiger charge is 2.26. The molecular weight excluding hydrogens is 396 g/mol. The average Bonchev–Trinajstić information content (AvgIpc) is 3.37. The lowest BCUT2D eigenvalue weighted by Gasteiger charge is -2.06. The van der Waals surface area contributed by atoms with Gasteiger partial charge in [0.05, 0.1) is 10.5 Å². The number of rotatable bonds is 6. The first-order chi connectivity index (χ1) is 13.9. The van der Waals surface area contributed by atoms with Crippen molar-refractivity contribution >= 4 is 33.8 Å². The van der Waals surface area contributed by atoms with Gasteiger partial charge in [-0.3, -0.25) is 19.7 Å². The molecule has 1 aromatic carbocycles. The highest BCUT2D eigenvalue weighted by molar-refractivity contribution is 7.17. The summed E-state index contributed by atoms with van der Waals surface area (Å²) in [5.41, 5.74) is 7.42. The molecule has 1 aliphatic carbocycles. The third-order valence-corrected chi connectivity index (χ3v) is 5.81. The van der Waals surface area contributed by atoms with E-state index in [0.717, 1.165) is 29.7 Å². The Balaban J connectivity index is 1.46. The van der Waals surface area contributed by atoms with E-state index in [1.165, 1.54) is 34.5 Å². The Morgan fingerprint density at radius 2 is 2.03 bits per heavy atom. The Morgan fingerprint density at radius 3 is 2.72 bits per heavy atom. The number of non-ortho nitro benzene ring substituents is 1. The maximum absolute atomic E-state index is 12.4. The van der Waals surface area contributed by atoms with Crippen LogP contribution in [0.25, 0.3) is 11.4 Å². The number of primary amides is 1. The molecule has 2 aromatic heterocycles. The number of hydrogen-bond donors (Lipinski definition) is 2. The number of nitrogens with zero attached hydrogens (tertiary/aromatic N) is 4. The predicted molar refractivity (Wildman–Crippen MR) is 106 cm³/mol. The quantitative estimate of drug-likeness (QED) is 0.468. The molecule has 2 heterocycles. The minimum absolute atomic E-state index is 0.0272. The average molecular weight is 412 g/mol. The third kappa shape index (κ3) is 3.72. The van der Waals surface area contributed by atoms with E-state index in [2.05, 4.69) is 15.4 Å². The normalized spacial score (nSPS) is 12.6. The Bertz CT molecular complexity index is 1120. The monoisotopic (exact) mass is 412 g/mol. The van der Waals surface area contributed by atoms with Crippen LogP contribution in [0.3, 0.4) is 0 Å². The number of thiophene rings is 1. The highest BCUT2D eigenvalue weighted by atomic mass is 32.1. The second-order valence-corrected chi connectivity index (χ2v) is 7.65. The number of nitro benzene ring substituents is 1. The zero-order valence-electron chi connectivity index (χ0n) is 15.1. The van der Waals surface area contributed by atoms with Gasteiger partial charge in [-0.05, 0) is 37.0 Å². The Labute approximate surface area is 168 Å². The van der Waals surface area contributed by atoms with Crippen molar-refractivity contribution in [3.63, 3.8) is 0 Å². The van der Waals surface area contributed by atoms with Gasteiger partial charge in [0, 0.05) is 22.6 Å². The van der Waals surface area contributed by atoms with Gasteiger partial charge in [-0.15, -0.1) is 11.3 Å². The number of carbonyl (C=O) groups is 2. The molecule has 3 aromatic rings. The fraction of sp³-hybridized carbons (Fsp3) is 0.222. The van der Waals surface area contributed by atoms with Crippen molar-refractivity contribution in [1.29, 1.82) is 0 Å². The number of amides is 2. The van der Waals surface area contributed by atoms with Crippen molar-refractivity contribution < 1.29 is 14.5 Å². The lowest BCUT2D eigenvalue weighted by Crippen LogP contribution is -2.21. The van der Waals surface area contributed by atoms with E-state index >= 15 is 0 Å². The summed E-state index contributed by atoms with van der Waals surface area (Å²) in [5, 5.41) is 18.2. The van der Waals surface area contributed by atoms with E-state index in [1.54, 1.807) is 12.1 Å². The molecule has 4 rings (SSSR count). The second-order valence-electron chi connectivity index (χ2n) is 6.54. The first kappa shape index (κ1) is 18.7. The number of fused-ring (bicyclic) bond motifs is 1. The number of nitrogens with two attached hydrogens (primary N) is 1. The van der Waals surface area contributed by atoms with Gasteiger partial charge in [-0.25, -0.2) is 9.67 Å². The molecule has 0 atom stereocenters. The number of hydrogen-bond acceptors (Lipinski definition) is 7. The minimum atomic E-state index is -0.541. The molecule has 0 spiro atoms. The van der Waals surface area contributed by atoms with Gasteiger partial charge in [0.25, 0.3) is 11.6 Å². The highest BCUT2D eigenvalue weighted by Crippen LogP contribution is 2.38. The van der Waals surface area contributed by atoms with Crippen molar-refractivity contribution in [2.24, 2.45) is 5.73 Å². The van der Waals surface area contributed by atoms with E-state index < -0.39 is 10.8 Å². The van der Waals surface area contributed by atoms with Crippen LogP contribution in [0.5, 0.6) is 0 Å². The predicted octanol–water partition coefficient (Wildman–Crippen LogP) is 2.14. The van der Waals surface area contributed by atoms with E-state index in [-0.39, 0.29) is 18.1 Å². The molecule has 1 aliphatic rings. The number of benzene rings is 1. The number of aromatic nitrogens is 3. The molecule has 29 heavy (non-hydrogen) atoms. The summed E-state index contributed by atoms with van der Waals surface area (Å²) in [4.78, 5) is 39.7. The van der Waals surface area contributed by atoms with Gasteiger partial charge in [0.1, 0.15) is 17.9 Å². The summed E-state index contributed by atoms with van der Waals surface area (Å²) < 4.78 is 1.36. The zero-order chi connectivity index (χ0) is 20.5. The molecule has 0 unspecified atom stereocenters. The summed E-state index contributed by atoms with van der Waals surface area (Å²) in [6.45, 7) is -0.0965. The molecular formula is C18H16N6O4S. The second kappa shape index (κ2) is 7.43. The van der Waals surface area contributed by atoms with Crippen LogP contribution in [-0.2, 0) is 24.2 Å². The van der Waals surface area contributed by atoms with Gasteiger partial charge in [0.15, 0.2) is 5.82 Å². The molecule has 0 saturated carbocycles.